The number of hydrogen-bond acceptors (Lipinski definition) is 3. The molecule has 15 heavy (non-hydrogen) atoms. The highest BCUT2D eigenvalue weighted by Gasteiger charge is 2.08. The second kappa shape index (κ2) is 3.69. The summed E-state index contributed by atoms with van der Waals surface area (Å²) >= 11 is 0. The summed E-state index contributed by atoms with van der Waals surface area (Å²) in [7, 11) is 0. The number of pyridine rings is 1. The molecular formula is C12H11NO2. The predicted molar refractivity (Wildman–Crippen MR) is 57.7 cm³/mol. The van der Waals surface area contributed by atoms with Crippen molar-refractivity contribution in [2.75, 3.05) is 0 Å². The highest BCUT2D eigenvalue weighted by Crippen LogP contribution is 2.18. The van der Waals surface area contributed by atoms with Crippen molar-refractivity contribution in [3.05, 3.63) is 52.3 Å². The first-order chi connectivity index (χ1) is 7.18. The Morgan fingerprint density at radius 2 is 1.87 bits per heavy atom. The first-order valence-corrected chi connectivity index (χ1v) is 4.70. The first kappa shape index (κ1) is 9.65. The molecule has 0 radical (unpaired) electrons. The van der Waals surface area contributed by atoms with Crippen molar-refractivity contribution < 1.29 is 4.42 Å². The van der Waals surface area contributed by atoms with Crippen LogP contribution in [-0.2, 0) is 0 Å². The van der Waals surface area contributed by atoms with E-state index in [1.807, 2.05) is 0 Å². The Morgan fingerprint density at radius 3 is 2.47 bits per heavy atom. The van der Waals surface area contributed by atoms with E-state index in [1.54, 1.807) is 38.4 Å². The van der Waals surface area contributed by atoms with Gasteiger partial charge in [0.1, 0.15) is 11.5 Å². The van der Waals surface area contributed by atoms with Gasteiger partial charge >= 0.3 is 0 Å². The summed E-state index contributed by atoms with van der Waals surface area (Å²) in [5.41, 5.74) is 1.45. The quantitative estimate of drug-likeness (QED) is 0.711. The zero-order valence-corrected chi connectivity index (χ0v) is 8.65. The van der Waals surface area contributed by atoms with Crippen LogP contribution in [0.2, 0.25) is 0 Å². The van der Waals surface area contributed by atoms with Crippen LogP contribution < -0.4 is 5.43 Å². The lowest BCUT2D eigenvalue weighted by Gasteiger charge is -2.04. The van der Waals surface area contributed by atoms with Crippen molar-refractivity contribution in [1.29, 1.82) is 0 Å². The zero-order chi connectivity index (χ0) is 10.8. The molecule has 2 aromatic heterocycles. The maximum atomic E-state index is 11.8. The Bertz CT molecular complexity index is 529. The van der Waals surface area contributed by atoms with Gasteiger partial charge < -0.3 is 4.42 Å². The predicted octanol–water partition coefficient (Wildman–Crippen LogP) is 2.32. The molecule has 0 spiro atoms. The average molecular weight is 201 g/mol. The molecule has 0 aliphatic heterocycles. The van der Waals surface area contributed by atoms with E-state index in [1.165, 1.54) is 6.07 Å². The van der Waals surface area contributed by atoms with Crippen LogP contribution in [0.3, 0.4) is 0 Å². The van der Waals surface area contributed by atoms with Crippen LogP contribution in [0.4, 0.5) is 0 Å². The monoisotopic (exact) mass is 201 g/mol. The van der Waals surface area contributed by atoms with Crippen molar-refractivity contribution in [3.63, 3.8) is 0 Å². The number of aryl methyl sites for hydroxylation is 2. The second-order valence-corrected chi connectivity index (χ2v) is 3.39. The van der Waals surface area contributed by atoms with E-state index in [9.17, 15) is 4.79 Å². The molecule has 2 heterocycles. The van der Waals surface area contributed by atoms with Crippen LogP contribution in [0.1, 0.15) is 11.5 Å². The van der Waals surface area contributed by atoms with Crippen LogP contribution in [0, 0.1) is 13.8 Å². The largest absolute Gasteiger partial charge is 0.466 e. The molecule has 0 aliphatic rings. The van der Waals surface area contributed by atoms with Crippen molar-refractivity contribution in [1.82, 2.24) is 4.98 Å². The van der Waals surface area contributed by atoms with Crippen LogP contribution in [-0.4, -0.2) is 4.98 Å². The third kappa shape index (κ3) is 1.81. The van der Waals surface area contributed by atoms with E-state index < -0.39 is 0 Å². The molecule has 2 aromatic rings. The minimum atomic E-state index is -0.0116. The molecule has 0 amide bonds. The lowest BCUT2D eigenvalue weighted by atomic mass is 10.1. The lowest BCUT2D eigenvalue weighted by molar-refractivity contribution is 0.486. The fourth-order valence-corrected chi connectivity index (χ4v) is 1.62. The Balaban J connectivity index is 2.69. The summed E-state index contributed by atoms with van der Waals surface area (Å²) < 4.78 is 5.42. The topological polar surface area (TPSA) is 43.1 Å². The summed E-state index contributed by atoms with van der Waals surface area (Å²) in [4.78, 5) is 15.7. The van der Waals surface area contributed by atoms with Gasteiger partial charge in [-0.05, 0) is 31.5 Å². The minimum Gasteiger partial charge on any atom is -0.466 e. The van der Waals surface area contributed by atoms with Crippen molar-refractivity contribution >= 4 is 0 Å². The number of hydrogen-bond donors (Lipinski definition) is 0. The third-order valence-electron chi connectivity index (χ3n) is 2.22. The molecule has 0 unspecified atom stereocenters. The normalized spacial score (nSPS) is 10.3. The smallest absolute Gasteiger partial charge is 0.193 e. The fourth-order valence-electron chi connectivity index (χ4n) is 1.62. The first-order valence-electron chi connectivity index (χ1n) is 4.70. The average Bonchev–Trinajstić information content (AvgIpc) is 2.17. The highest BCUT2D eigenvalue weighted by atomic mass is 16.3. The fraction of sp³-hybridized carbons (Fsp3) is 0.167. The van der Waals surface area contributed by atoms with E-state index in [2.05, 4.69) is 4.98 Å². The summed E-state index contributed by atoms with van der Waals surface area (Å²) in [6.07, 6.45) is 3.32. The maximum absolute atomic E-state index is 11.8. The van der Waals surface area contributed by atoms with Crippen molar-refractivity contribution in [3.8, 4) is 11.1 Å². The van der Waals surface area contributed by atoms with Gasteiger partial charge in [-0.25, -0.2) is 0 Å². The molecule has 2 rings (SSSR count). The van der Waals surface area contributed by atoms with Gasteiger partial charge in [0.15, 0.2) is 5.43 Å². The van der Waals surface area contributed by atoms with Crippen LogP contribution in [0.15, 0.2) is 39.8 Å². The Morgan fingerprint density at radius 1 is 1.20 bits per heavy atom. The number of rotatable bonds is 1. The van der Waals surface area contributed by atoms with E-state index in [0.717, 1.165) is 5.56 Å². The van der Waals surface area contributed by atoms with E-state index in [-0.39, 0.29) is 5.43 Å². The van der Waals surface area contributed by atoms with Crippen LogP contribution in [0.25, 0.3) is 11.1 Å². The summed E-state index contributed by atoms with van der Waals surface area (Å²) in [6.45, 7) is 3.56. The van der Waals surface area contributed by atoms with Gasteiger partial charge in [0.05, 0.1) is 5.56 Å². The third-order valence-corrected chi connectivity index (χ3v) is 2.22. The van der Waals surface area contributed by atoms with E-state index in [0.29, 0.717) is 17.1 Å². The minimum absolute atomic E-state index is 0.0116. The Kier molecular flexibility index (Phi) is 2.37. The molecular weight excluding hydrogens is 190 g/mol. The molecule has 76 valence electrons. The van der Waals surface area contributed by atoms with Gasteiger partial charge in [0.2, 0.25) is 0 Å². The molecule has 3 heteroatoms. The van der Waals surface area contributed by atoms with Gasteiger partial charge in [0.25, 0.3) is 0 Å². The lowest BCUT2D eigenvalue weighted by Crippen LogP contribution is -2.06. The Labute approximate surface area is 87.4 Å². The number of nitrogens with zero attached hydrogens (tertiary/aromatic N) is 1. The van der Waals surface area contributed by atoms with E-state index >= 15 is 0 Å². The van der Waals surface area contributed by atoms with Gasteiger partial charge in [0, 0.05) is 18.5 Å². The number of aromatic nitrogens is 1. The molecule has 0 atom stereocenters. The zero-order valence-electron chi connectivity index (χ0n) is 8.65. The molecule has 0 bridgehead atoms. The molecule has 0 saturated carbocycles. The Hall–Kier alpha value is -1.90. The molecule has 0 saturated heterocycles. The second-order valence-electron chi connectivity index (χ2n) is 3.39. The maximum Gasteiger partial charge on any atom is 0.193 e. The summed E-state index contributed by atoms with van der Waals surface area (Å²) in [5.74, 6) is 1.28. The van der Waals surface area contributed by atoms with E-state index in [4.69, 9.17) is 4.42 Å². The van der Waals surface area contributed by atoms with Crippen molar-refractivity contribution in [2.24, 2.45) is 0 Å². The molecule has 0 fully saturated rings. The van der Waals surface area contributed by atoms with Gasteiger partial charge in [-0.2, -0.15) is 0 Å². The SMILES string of the molecule is Cc1cc(=O)c(-c2ccncc2)c(C)o1. The van der Waals surface area contributed by atoms with Crippen LogP contribution in [0.5, 0.6) is 0 Å². The molecule has 0 aliphatic carbocycles. The summed E-state index contributed by atoms with van der Waals surface area (Å²) in [6, 6.07) is 5.10. The standard InChI is InChI=1S/C12H11NO2/c1-8-7-11(14)12(9(2)15-8)10-3-5-13-6-4-10/h3-7H,1-2H3. The highest BCUT2D eigenvalue weighted by molar-refractivity contribution is 5.64. The summed E-state index contributed by atoms with van der Waals surface area (Å²) in [5, 5.41) is 0. The van der Waals surface area contributed by atoms with Gasteiger partial charge in [-0.1, -0.05) is 0 Å². The molecule has 0 N–H and O–H groups in total. The van der Waals surface area contributed by atoms with Crippen molar-refractivity contribution in [2.45, 2.75) is 13.8 Å². The molecule has 3 nitrogen and oxygen atoms in total. The van der Waals surface area contributed by atoms with Gasteiger partial charge in [-0.3, -0.25) is 9.78 Å². The van der Waals surface area contributed by atoms with Crippen LogP contribution >= 0.6 is 0 Å². The molecule has 0 aromatic carbocycles. The van der Waals surface area contributed by atoms with Gasteiger partial charge in [-0.15, -0.1) is 0 Å².